The number of aromatic nitrogens is 2. The van der Waals surface area contributed by atoms with Gasteiger partial charge < -0.3 is 9.16 Å². The molecule has 0 aliphatic carbocycles. The molecule has 1 aromatic carbocycles. The van der Waals surface area contributed by atoms with Crippen LogP contribution in [0.2, 0.25) is 18.1 Å². The van der Waals surface area contributed by atoms with Gasteiger partial charge in [0.25, 0.3) is 0 Å². The van der Waals surface area contributed by atoms with Crippen molar-refractivity contribution >= 4 is 14.4 Å². The smallest absolute Gasteiger partial charge is 0.410 e. The summed E-state index contributed by atoms with van der Waals surface area (Å²) in [5.74, 6) is 4.41. The number of hydrogen-bond donors (Lipinski definition) is 0. The molecule has 1 amide bonds. The Labute approximate surface area is 220 Å². The van der Waals surface area contributed by atoms with Crippen LogP contribution in [0.4, 0.5) is 13.6 Å². The summed E-state index contributed by atoms with van der Waals surface area (Å²) in [7, 11) is -2.14. The lowest BCUT2D eigenvalue weighted by Crippen LogP contribution is -2.45. The summed E-state index contributed by atoms with van der Waals surface area (Å²) in [6, 6.07) is 3.55. The molecule has 0 unspecified atom stereocenters. The fraction of sp³-hybridized carbons (Fsp3) is 0.571. The van der Waals surface area contributed by atoms with Crippen molar-refractivity contribution in [2.24, 2.45) is 0 Å². The van der Waals surface area contributed by atoms with Crippen LogP contribution in [0.1, 0.15) is 90.0 Å². The largest absolute Gasteiger partial charge is 0.444 e. The first-order valence-electron chi connectivity index (χ1n) is 12.6. The molecule has 0 saturated carbocycles. The van der Waals surface area contributed by atoms with Crippen LogP contribution in [0.3, 0.4) is 0 Å². The number of amides is 1. The molecule has 0 spiro atoms. The van der Waals surface area contributed by atoms with E-state index in [0.717, 1.165) is 11.8 Å². The Morgan fingerprint density at radius 2 is 1.76 bits per heavy atom. The second-order valence-electron chi connectivity index (χ2n) is 12.3. The maximum absolute atomic E-state index is 14.8. The van der Waals surface area contributed by atoms with E-state index in [0.29, 0.717) is 17.8 Å². The Hall–Kier alpha value is -2.70. The van der Waals surface area contributed by atoms with Gasteiger partial charge in [0.1, 0.15) is 22.9 Å². The Morgan fingerprint density at radius 1 is 1.11 bits per heavy atom. The zero-order valence-corrected chi connectivity index (χ0v) is 24.6. The molecule has 2 atom stereocenters. The minimum Gasteiger partial charge on any atom is -0.444 e. The first-order valence-corrected chi connectivity index (χ1v) is 15.5. The molecule has 202 valence electrons. The lowest BCUT2D eigenvalue weighted by atomic mass is 10.1. The predicted molar refractivity (Wildman–Crippen MR) is 143 cm³/mol. The van der Waals surface area contributed by atoms with Crippen LogP contribution in [-0.2, 0) is 15.8 Å². The molecule has 0 fully saturated rings. The summed E-state index contributed by atoms with van der Waals surface area (Å²) >= 11 is 0. The Bertz CT molecular complexity index is 1230. The first-order chi connectivity index (χ1) is 16.9. The molecule has 0 bridgehead atoms. The first kappa shape index (κ1) is 28.9. The number of carbonyl (C=O) groups is 1. The van der Waals surface area contributed by atoms with Crippen molar-refractivity contribution in [1.29, 1.82) is 0 Å². The van der Waals surface area contributed by atoms with Crippen LogP contribution in [0.5, 0.6) is 0 Å². The predicted octanol–water partition coefficient (Wildman–Crippen LogP) is 6.96. The Morgan fingerprint density at radius 3 is 2.35 bits per heavy atom. The fourth-order valence-corrected chi connectivity index (χ4v) is 4.80. The van der Waals surface area contributed by atoms with E-state index in [1.807, 2.05) is 39.3 Å². The number of fused-ring (bicyclic) bond motifs is 1. The standard InChI is InChI=1S/C28H39F2N3O3Si/c1-18-16-32(26(34)36-27(3,4)5)19(2)25-15-22(31-33(18)25)11-12-23-20(13-21(29)14-24(23)30)17-35-37(9,10)28(6,7)8/h13-15,18-19H,16-17H2,1-10H3/t18-,19+/m0/s1. The van der Waals surface area contributed by atoms with Gasteiger partial charge in [-0.1, -0.05) is 26.7 Å². The molecule has 1 aliphatic rings. The van der Waals surface area contributed by atoms with E-state index in [4.69, 9.17) is 9.16 Å². The van der Waals surface area contributed by atoms with Gasteiger partial charge in [-0.15, -0.1) is 0 Å². The van der Waals surface area contributed by atoms with Crippen molar-refractivity contribution in [3.63, 3.8) is 0 Å². The summed E-state index contributed by atoms with van der Waals surface area (Å²) in [4.78, 5) is 14.4. The Balaban J connectivity index is 1.90. The number of hydrogen-bond acceptors (Lipinski definition) is 4. The molecule has 0 saturated heterocycles. The molecular weight excluding hydrogens is 492 g/mol. The molecule has 1 aliphatic heterocycles. The summed E-state index contributed by atoms with van der Waals surface area (Å²) in [5, 5.41) is 4.56. The van der Waals surface area contributed by atoms with Crippen molar-refractivity contribution in [3.8, 4) is 11.8 Å². The van der Waals surface area contributed by atoms with Crippen LogP contribution in [0, 0.1) is 23.5 Å². The van der Waals surface area contributed by atoms with Crippen LogP contribution >= 0.6 is 0 Å². The number of benzene rings is 1. The van der Waals surface area contributed by atoms with E-state index >= 15 is 0 Å². The molecule has 1 aromatic heterocycles. The zero-order valence-electron chi connectivity index (χ0n) is 23.6. The van der Waals surface area contributed by atoms with Crippen LogP contribution in [0.25, 0.3) is 0 Å². The number of ether oxygens (including phenoxy) is 1. The van der Waals surface area contributed by atoms with Crippen LogP contribution < -0.4 is 0 Å². The molecule has 2 heterocycles. The average Bonchev–Trinajstić information content (AvgIpc) is 3.17. The SMILES string of the molecule is C[C@@H]1c2cc(C#Cc3c(F)cc(F)cc3CO[Si](C)(C)C(C)(C)C)nn2[C@@H](C)CN1C(=O)OC(C)(C)C. The minimum absolute atomic E-state index is 0.0409. The number of halogens is 2. The van der Waals surface area contributed by atoms with Crippen LogP contribution in [-0.4, -0.2) is 41.2 Å². The van der Waals surface area contributed by atoms with Gasteiger partial charge in [-0.05, 0) is 76.4 Å². The van der Waals surface area contributed by atoms with E-state index in [2.05, 4.69) is 50.8 Å². The van der Waals surface area contributed by atoms with Crippen molar-refractivity contribution in [3.05, 3.63) is 52.3 Å². The highest BCUT2D eigenvalue weighted by Gasteiger charge is 2.37. The van der Waals surface area contributed by atoms with Gasteiger partial charge in [0.2, 0.25) is 0 Å². The van der Waals surface area contributed by atoms with E-state index < -0.39 is 25.6 Å². The van der Waals surface area contributed by atoms with E-state index in [1.54, 1.807) is 11.0 Å². The highest BCUT2D eigenvalue weighted by molar-refractivity contribution is 6.74. The normalized spacial score (nSPS) is 18.2. The number of carbonyl (C=O) groups excluding carboxylic acids is 1. The quantitative estimate of drug-likeness (QED) is 0.317. The van der Waals surface area contributed by atoms with Gasteiger partial charge in [0.15, 0.2) is 8.32 Å². The summed E-state index contributed by atoms with van der Waals surface area (Å²) in [6.07, 6.45) is -0.383. The number of rotatable bonds is 3. The summed E-state index contributed by atoms with van der Waals surface area (Å²) in [5.41, 5.74) is 1.13. The zero-order chi connectivity index (χ0) is 27.9. The van der Waals surface area contributed by atoms with Crippen molar-refractivity contribution < 1.29 is 22.7 Å². The summed E-state index contributed by atoms with van der Waals surface area (Å²) in [6.45, 7) is 20.4. The fourth-order valence-electron chi connectivity index (χ4n) is 3.85. The number of nitrogens with zero attached hydrogens (tertiary/aromatic N) is 3. The second-order valence-corrected chi connectivity index (χ2v) is 17.1. The third-order valence-corrected chi connectivity index (χ3v) is 11.5. The molecule has 0 N–H and O–H groups in total. The van der Waals surface area contributed by atoms with Gasteiger partial charge >= 0.3 is 6.09 Å². The molecule has 37 heavy (non-hydrogen) atoms. The van der Waals surface area contributed by atoms with Gasteiger partial charge in [-0.2, -0.15) is 5.10 Å². The minimum atomic E-state index is -2.14. The van der Waals surface area contributed by atoms with E-state index in [-0.39, 0.29) is 35.4 Å². The second kappa shape index (κ2) is 10.2. The average molecular weight is 532 g/mol. The van der Waals surface area contributed by atoms with Gasteiger partial charge in [-0.25, -0.2) is 13.6 Å². The van der Waals surface area contributed by atoms with Crippen molar-refractivity contribution in [2.45, 2.75) is 97.8 Å². The maximum atomic E-state index is 14.8. The topological polar surface area (TPSA) is 56.6 Å². The van der Waals surface area contributed by atoms with Gasteiger partial charge in [0.05, 0.1) is 29.9 Å². The molecule has 3 rings (SSSR count). The lowest BCUT2D eigenvalue weighted by molar-refractivity contribution is 0.00864. The molecular formula is C28H39F2N3O3Si. The Kier molecular flexibility index (Phi) is 7.97. The molecule has 9 heteroatoms. The van der Waals surface area contributed by atoms with Gasteiger partial charge in [0, 0.05) is 12.6 Å². The van der Waals surface area contributed by atoms with Crippen molar-refractivity contribution in [1.82, 2.24) is 14.7 Å². The summed E-state index contributed by atoms with van der Waals surface area (Å²) < 4.78 is 42.5. The maximum Gasteiger partial charge on any atom is 0.410 e. The van der Waals surface area contributed by atoms with E-state index in [1.165, 1.54) is 6.07 Å². The molecule has 6 nitrogen and oxygen atoms in total. The highest BCUT2D eigenvalue weighted by Crippen LogP contribution is 2.37. The molecule has 0 radical (unpaired) electrons. The monoisotopic (exact) mass is 531 g/mol. The van der Waals surface area contributed by atoms with Crippen LogP contribution in [0.15, 0.2) is 18.2 Å². The van der Waals surface area contributed by atoms with Crippen molar-refractivity contribution in [2.75, 3.05) is 6.54 Å². The third kappa shape index (κ3) is 6.60. The molecule has 2 aromatic rings. The lowest BCUT2D eigenvalue weighted by Gasteiger charge is -2.38. The third-order valence-electron chi connectivity index (χ3n) is 7.01. The van der Waals surface area contributed by atoms with Gasteiger partial charge in [-0.3, -0.25) is 9.58 Å². The van der Waals surface area contributed by atoms with E-state index in [9.17, 15) is 13.6 Å². The highest BCUT2D eigenvalue weighted by atomic mass is 28.4.